The maximum Gasteiger partial charge on any atom is 0.331 e. The summed E-state index contributed by atoms with van der Waals surface area (Å²) >= 11 is 0. The average molecular weight is 449 g/mol. The topological polar surface area (TPSA) is 66.8 Å². The van der Waals surface area contributed by atoms with E-state index in [1.807, 2.05) is 42.7 Å². The van der Waals surface area contributed by atoms with Crippen molar-refractivity contribution in [1.29, 1.82) is 0 Å². The average Bonchev–Trinajstić information content (AvgIpc) is 3.09. The van der Waals surface area contributed by atoms with Crippen molar-refractivity contribution in [3.63, 3.8) is 0 Å². The van der Waals surface area contributed by atoms with Gasteiger partial charge in [-0.3, -0.25) is 4.79 Å². The number of fused-ring (bicyclic) bond motifs is 1. The third-order valence-electron chi connectivity index (χ3n) is 5.43. The lowest BCUT2D eigenvalue weighted by Gasteiger charge is -2.27. The number of halogens is 1. The molecule has 0 bridgehead atoms. The van der Waals surface area contributed by atoms with E-state index >= 15 is 0 Å². The highest BCUT2D eigenvalue weighted by molar-refractivity contribution is 6.00. The molecule has 6 nitrogen and oxygen atoms in total. The molecule has 0 saturated heterocycles. The van der Waals surface area contributed by atoms with Crippen molar-refractivity contribution in [3.8, 4) is 11.5 Å². The Balaban J connectivity index is 1.36. The summed E-state index contributed by atoms with van der Waals surface area (Å²) in [7, 11) is 0. The zero-order valence-corrected chi connectivity index (χ0v) is 18.4. The Morgan fingerprint density at radius 2 is 1.91 bits per heavy atom. The highest BCUT2D eigenvalue weighted by Crippen LogP contribution is 2.31. The molecular weight excluding hydrogens is 425 g/mol. The van der Waals surface area contributed by atoms with Crippen LogP contribution in [-0.2, 0) is 16.1 Å². The number of Topliss-reactive ketones (excluding diaryl/α,β-unsaturated/α-hetero) is 1. The number of nitrogens with zero attached hydrogens (tertiary/aromatic N) is 1. The van der Waals surface area contributed by atoms with Crippen LogP contribution in [0.15, 0.2) is 60.7 Å². The molecule has 0 amide bonds. The predicted molar refractivity (Wildman–Crippen MR) is 121 cm³/mol. The van der Waals surface area contributed by atoms with E-state index < -0.39 is 11.8 Å². The Morgan fingerprint density at radius 3 is 2.70 bits per heavy atom. The van der Waals surface area contributed by atoms with Gasteiger partial charge < -0.3 is 18.8 Å². The number of aryl methyl sites for hydroxylation is 1. The number of ether oxygens (including phenoxy) is 3. The summed E-state index contributed by atoms with van der Waals surface area (Å²) < 4.78 is 32.1. The first-order chi connectivity index (χ1) is 15.9. The maximum atomic E-state index is 13.2. The molecule has 7 heteroatoms. The molecule has 0 N–H and O–H groups in total. The van der Waals surface area contributed by atoms with Gasteiger partial charge in [-0.05, 0) is 55.8 Å². The highest BCUT2D eigenvalue weighted by Gasteiger charge is 2.24. The van der Waals surface area contributed by atoms with Gasteiger partial charge in [0.15, 0.2) is 24.2 Å². The van der Waals surface area contributed by atoms with Gasteiger partial charge in [0.2, 0.25) is 5.78 Å². The number of para-hydroxylation sites is 2. The van der Waals surface area contributed by atoms with Gasteiger partial charge in [-0.15, -0.1) is 0 Å². The van der Waals surface area contributed by atoms with Gasteiger partial charge in [0, 0.05) is 23.0 Å². The lowest BCUT2D eigenvalue weighted by atomic mass is 10.1. The fraction of sp³-hybridized carbons (Fsp3) is 0.231. The van der Waals surface area contributed by atoms with Crippen LogP contribution in [0.5, 0.6) is 11.5 Å². The lowest BCUT2D eigenvalue weighted by molar-refractivity contribution is -0.136. The van der Waals surface area contributed by atoms with E-state index in [9.17, 15) is 14.0 Å². The van der Waals surface area contributed by atoms with Crippen LogP contribution in [0.1, 0.15) is 27.3 Å². The molecule has 1 aliphatic heterocycles. The molecule has 0 radical (unpaired) electrons. The molecule has 2 aromatic carbocycles. The van der Waals surface area contributed by atoms with Crippen LogP contribution in [-0.4, -0.2) is 35.6 Å². The van der Waals surface area contributed by atoms with Crippen molar-refractivity contribution in [2.24, 2.45) is 0 Å². The lowest BCUT2D eigenvalue weighted by Crippen LogP contribution is -2.33. The van der Waals surface area contributed by atoms with Crippen molar-refractivity contribution >= 4 is 17.8 Å². The first kappa shape index (κ1) is 22.3. The minimum absolute atomic E-state index is 0.196. The number of ketones is 1. The molecule has 33 heavy (non-hydrogen) atoms. The predicted octanol–water partition coefficient (Wildman–Crippen LogP) is 4.52. The summed E-state index contributed by atoms with van der Waals surface area (Å²) in [5, 5.41) is 0. The number of carbonyl (C=O) groups excluding carboxylic acids is 2. The molecule has 0 aliphatic carbocycles. The van der Waals surface area contributed by atoms with Crippen molar-refractivity contribution in [3.05, 3.63) is 89.0 Å². The van der Waals surface area contributed by atoms with Crippen LogP contribution in [0.2, 0.25) is 0 Å². The van der Waals surface area contributed by atoms with E-state index in [-0.39, 0.29) is 18.5 Å². The van der Waals surface area contributed by atoms with Gasteiger partial charge in [0.25, 0.3) is 0 Å². The molecule has 3 aromatic rings. The van der Waals surface area contributed by atoms with Gasteiger partial charge in [0.1, 0.15) is 12.4 Å². The van der Waals surface area contributed by atoms with E-state index in [0.717, 1.165) is 17.1 Å². The Hall–Kier alpha value is -3.87. The van der Waals surface area contributed by atoms with Gasteiger partial charge in [-0.2, -0.15) is 0 Å². The molecule has 0 spiro atoms. The summed E-state index contributed by atoms with van der Waals surface area (Å²) in [6.07, 6.45) is 2.41. The quantitative estimate of drug-likeness (QED) is 0.301. The summed E-state index contributed by atoms with van der Waals surface area (Å²) in [6.45, 7) is 4.31. The van der Waals surface area contributed by atoms with Crippen LogP contribution < -0.4 is 9.47 Å². The zero-order chi connectivity index (χ0) is 23.4. The second kappa shape index (κ2) is 9.73. The molecule has 0 fully saturated rings. The summed E-state index contributed by atoms with van der Waals surface area (Å²) in [6, 6.07) is 15.1. The standard InChI is InChI=1S/C26H24FNO5/c1-17-12-22(23(29)16-32-26(30)11-10-19-6-5-7-20(27)13-19)18(2)28(17)14-21-15-31-24-8-3-4-9-25(24)33-21/h3-13,21H,14-16H2,1-2H3. The van der Waals surface area contributed by atoms with Crippen molar-refractivity contribution in [1.82, 2.24) is 4.57 Å². The van der Waals surface area contributed by atoms with Gasteiger partial charge >= 0.3 is 5.97 Å². The molecule has 0 saturated carbocycles. The van der Waals surface area contributed by atoms with Gasteiger partial charge in [-0.25, -0.2) is 9.18 Å². The second-order valence-electron chi connectivity index (χ2n) is 7.81. The Morgan fingerprint density at radius 1 is 1.12 bits per heavy atom. The molecule has 1 aliphatic rings. The minimum atomic E-state index is -0.673. The fourth-order valence-corrected chi connectivity index (χ4v) is 3.76. The summed E-state index contributed by atoms with van der Waals surface area (Å²) in [5.41, 5.74) is 2.69. The third kappa shape index (κ3) is 5.31. The molecule has 1 unspecified atom stereocenters. The smallest absolute Gasteiger partial charge is 0.331 e. The van der Waals surface area contributed by atoms with E-state index in [2.05, 4.69) is 0 Å². The Bertz CT molecular complexity index is 1210. The molecule has 170 valence electrons. The second-order valence-corrected chi connectivity index (χ2v) is 7.81. The van der Waals surface area contributed by atoms with Crippen molar-refractivity contribution in [2.45, 2.75) is 26.5 Å². The zero-order valence-electron chi connectivity index (χ0n) is 18.4. The number of benzene rings is 2. The van der Waals surface area contributed by atoms with Crippen molar-refractivity contribution in [2.75, 3.05) is 13.2 Å². The number of aromatic nitrogens is 1. The monoisotopic (exact) mass is 449 g/mol. The van der Waals surface area contributed by atoms with Crippen LogP contribution in [0.3, 0.4) is 0 Å². The minimum Gasteiger partial charge on any atom is -0.486 e. The molecule has 1 aromatic heterocycles. The number of carbonyl (C=O) groups is 2. The molecule has 1 atom stereocenters. The first-order valence-electron chi connectivity index (χ1n) is 10.6. The van der Waals surface area contributed by atoms with E-state index in [4.69, 9.17) is 14.2 Å². The van der Waals surface area contributed by atoms with Crippen LogP contribution in [0.25, 0.3) is 6.08 Å². The van der Waals surface area contributed by atoms with Crippen LogP contribution in [0, 0.1) is 19.7 Å². The Kier molecular flexibility index (Phi) is 6.58. The fourth-order valence-electron chi connectivity index (χ4n) is 3.76. The van der Waals surface area contributed by atoms with Crippen LogP contribution >= 0.6 is 0 Å². The summed E-state index contributed by atoms with van der Waals surface area (Å²) in [5.74, 6) is 0.0517. The SMILES string of the molecule is Cc1cc(C(=O)COC(=O)C=Cc2cccc(F)c2)c(C)n1CC1COc2ccccc2O1. The van der Waals surface area contributed by atoms with E-state index in [0.29, 0.717) is 30.0 Å². The normalized spacial score (nSPS) is 14.9. The van der Waals surface area contributed by atoms with Gasteiger partial charge in [-0.1, -0.05) is 24.3 Å². The number of esters is 1. The number of rotatable bonds is 7. The highest BCUT2D eigenvalue weighted by atomic mass is 19.1. The van der Waals surface area contributed by atoms with Crippen molar-refractivity contribution < 1.29 is 28.2 Å². The first-order valence-corrected chi connectivity index (χ1v) is 10.6. The molecule has 4 rings (SSSR count). The summed E-state index contributed by atoms with van der Waals surface area (Å²) in [4.78, 5) is 24.7. The van der Waals surface area contributed by atoms with E-state index in [1.165, 1.54) is 24.3 Å². The van der Waals surface area contributed by atoms with Gasteiger partial charge in [0.05, 0.1) is 6.54 Å². The third-order valence-corrected chi connectivity index (χ3v) is 5.43. The largest absolute Gasteiger partial charge is 0.486 e. The molecule has 2 heterocycles. The Labute approximate surface area is 191 Å². The maximum absolute atomic E-state index is 13.2. The molecular formula is C26H24FNO5. The number of hydrogen-bond acceptors (Lipinski definition) is 5. The van der Waals surface area contributed by atoms with Crippen LogP contribution in [0.4, 0.5) is 4.39 Å². The van der Waals surface area contributed by atoms with E-state index in [1.54, 1.807) is 18.2 Å². The number of hydrogen-bond donors (Lipinski definition) is 0.